The molecule has 1 heterocycles. The number of unbranched alkanes of at least 4 members (excludes halogenated alkanes) is 1. The van der Waals surface area contributed by atoms with Crippen molar-refractivity contribution in [1.29, 1.82) is 0 Å². The number of nitrogens with one attached hydrogen (secondary N) is 2. The summed E-state index contributed by atoms with van der Waals surface area (Å²) in [6.07, 6.45) is 5.54. The lowest BCUT2D eigenvalue weighted by molar-refractivity contribution is -0.590. The average molecular weight is 400 g/mol. The average Bonchev–Trinajstić information content (AvgIpc) is 2.71. The molecule has 0 spiro atoms. The van der Waals surface area contributed by atoms with Gasteiger partial charge in [-0.05, 0) is 18.4 Å². The number of anilines is 1. The second-order valence-corrected chi connectivity index (χ2v) is 6.69. The van der Waals surface area contributed by atoms with Gasteiger partial charge in [-0.1, -0.05) is 50.1 Å². The molecule has 0 saturated heterocycles. The van der Waals surface area contributed by atoms with Gasteiger partial charge >= 0.3 is 18.8 Å². The third-order valence-electron chi connectivity index (χ3n) is 4.45. The monoisotopic (exact) mass is 400 g/mol. The van der Waals surface area contributed by atoms with Crippen molar-refractivity contribution >= 4 is 24.8 Å². The lowest BCUT2D eigenvalue weighted by Gasteiger charge is -2.21. The summed E-state index contributed by atoms with van der Waals surface area (Å²) >= 11 is 0. The highest BCUT2D eigenvalue weighted by Crippen LogP contribution is 2.13. The Bertz CT molecular complexity index is 806. The van der Waals surface area contributed by atoms with E-state index in [2.05, 4.69) is 15.6 Å². The summed E-state index contributed by atoms with van der Waals surface area (Å²) in [5, 5.41) is 35.9. The molecule has 0 bridgehead atoms. The summed E-state index contributed by atoms with van der Waals surface area (Å²) < 4.78 is 0.434. The zero-order valence-electron chi connectivity index (χ0n) is 16.2. The number of carbonyl (C=O) groups is 2. The van der Waals surface area contributed by atoms with Gasteiger partial charge in [0.05, 0.1) is 12.1 Å². The molecule has 1 aromatic carbocycles. The molecule has 4 N–H and O–H groups in total. The zero-order chi connectivity index (χ0) is 21.2. The topological polar surface area (TPSA) is 138 Å². The molecule has 29 heavy (non-hydrogen) atoms. The minimum Gasteiger partial charge on any atom is -0.711 e. The van der Waals surface area contributed by atoms with Gasteiger partial charge in [-0.3, -0.25) is 9.78 Å². The Balaban J connectivity index is 2.20. The Morgan fingerprint density at radius 3 is 2.59 bits per heavy atom. The molecular formula is C19H25BN4O5. The van der Waals surface area contributed by atoms with Crippen molar-refractivity contribution in [1.82, 2.24) is 10.3 Å². The van der Waals surface area contributed by atoms with Crippen LogP contribution in [0.25, 0.3) is 0 Å². The first-order valence-corrected chi connectivity index (χ1v) is 9.46. The van der Waals surface area contributed by atoms with E-state index in [1.807, 2.05) is 13.0 Å². The van der Waals surface area contributed by atoms with E-state index < -0.39 is 30.8 Å². The summed E-state index contributed by atoms with van der Waals surface area (Å²) in [6, 6.07) is 8.95. The molecule has 1 aromatic heterocycles. The standard InChI is InChI=1S/C19H25BN4O5/c1-2-3-9-16(20(27)28)22-18(25)15(12-14-7-5-4-6-8-14)19(26)23-17-13-21-10-11-24(17)29/h4-8,10-11,13,15-16,27-28H,2-3,9,12H2,1H3,(H,22,25)(H,23,26)/t15?,16-/m0/s1. The van der Waals surface area contributed by atoms with Crippen LogP contribution in [0.3, 0.4) is 0 Å². The molecule has 1 unspecified atom stereocenters. The molecule has 9 nitrogen and oxygen atoms in total. The maximum atomic E-state index is 12.8. The smallest absolute Gasteiger partial charge is 0.475 e. The number of amides is 2. The Morgan fingerprint density at radius 2 is 1.97 bits per heavy atom. The molecule has 0 aliphatic rings. The van der Waals surface area contributed by atoms with E-state index in [-0.39, 0.29) is 12.2 Å². The van der Waals surface area contributed by atoms with Gasteiger partial charge in [-0.15, -0.1) is 0 Å². The highest BCUT2D eigenvalue weighted by molar-refractivity contribution is 6.43. The number of hydrogen-bond donors (Lipinski definition) is 4. The fourth-order valence-corrected chi connectivity index (χ4v) is 2.81. The van der Waals surface area contributed by atoms with E-state index in [9.17, 15) is 24.8 Å². The van der Waals surface area contributed by atoms with Crippen LogP contribution in [0.15, 0.2) is 48.9 Å². The van der Waals surface area contributed by atoms with Gasteiger partial charge in [0.15, 0.2) is 0 Å². The second kappa shape index (κ2) is 11.1. The maximum absolute atomic E-state index is 12.8. The van der Waals surface area contributed by atoms with Crippen molar-refractivity contribution in [3.63, 3.8) is 0 Å². The molecular weight excluding hydrogens is 375 g/mol. The fraction of sp³-hybridized carbons (Fsp3) is 0.368. The largest absolute Gasteiger partial charge is 0.711 e. The maximum Gasteiger partial charge on any atom is 0.475 e. The molecule has 0 saturated carbocycles. The highest BCUT2D eigenvalue weighted by atomic mass is 16.5. The van der Waals surface area contributed by atoms with Crippen LogP contribution < -0.4 is 15.4 Å². The molecule has 10 heteroatoms. The third-order valence-corrected chi connectivity index (χ3v) is 4.45. The van der Waals surface area contributed by atoms with Crippen LogP contribution >= 0.6 is 0 Å². The Morgan fingerprint density at radius 1 is 1.24 bits per heavy atom. The fourth-order valence-electron chi connectivity index (χ4n) is 2.81. The highest BCUT2D eigenvalue weighted by Gasteiger charge is 2.34. The first-order chi connectivity index (χ1) is 13.9. The second-order valence-electron chi connectivity index (χ2n) is 6.69. The molecule has 0 aliphatic carbocycles. The van der Waals surface area contributed by atoms with Crippen LogP contribution in [-0.4, -0.2) is 39.9 Å². The number of benzene rings is 1. The van der Waals surface area contributed by atoms with Crippen molar-refractivity contribution in [2.45, 2.75) is 38.5 Å². The van der Waals surface area contributed by atoms with Crippen LogP contribution in [0, 0.1) is 11.1 Å². The first kappa shape index (κ1) is 22.3. The van der Waals surface area contributed by atoms with E-state index in [4.69, 9.17) is 0 Å². The summed E-state index contributed by atoms with van der Waals surface area (Å²) in [5.74, 6) is -3.52. The van der Waals surface area contributed by atoms with Gasteiger partial charge in [-0.25, -0.2) is 14.8 Å². The first-order valence-electron chi connectivity index (χ1n) is 9.46. The van der Waals surface area contributed by atoms with Gasteiger partial charge in [-0.2, -0.15) is 0 Å². The lowest BCUT2D eigenvalue weighted by Crippen LogP contribution is -2.51. The Labute approximate surface area is 169 Å². The van der Waals surface area contributed by atoms with Crippen molar-refractivity contribution in [2.24, 2.45) is 5.92 Å². The van der Waals surface area contributed by atoms with Gasteiger partial charge in [0.1, 0.15) is 18.3 Å². The summed E-state index contributed by atoms with van der Waals surface area (Å²) in [5.41, 5.74) is 0.749. The molecule has 2 amide bonds. The molecule has 154 valence electrons. The normalized spacial score (nSPS) is 12.7. The Kier molecular flexibility index (Phi) is 8.56. The van der Waals surface area contributed by atoms with E-state index in [1.165, 1.54) is 12.4 Å². The quantitative estimate of drug-likeness (QED) is 0.195. The number of carbonyl (C=O) groups excluding carboxylic acids is 2. The number of nitrogens with zero attached hydrogens (tertiary/aromatic N) is 2. The number of rotatable bonds is 10. The van der Waals surface area contributed by atoms with E-state index >= 15 is 0 Å². The van der Waals surface area contributed by atoms with Crippen LogP contribution in [0.4, 0.5) is 5.82 Å². The van der Waals surface area contributed by atoms with E-state index in [1.54, 1.807) is 24.3 Å². The SMILES string of the molecule is CCCC[C@H](NC(=O)C(Cc1ccccc1)C(=O)Nc1cncc[n+]1[O-])B(O)O. The van der Waals surface area contributed by atoms with Gasteiger partial charge in [0, 0.05) is 0 Å². The van der Waals surface area contributed by atoms with Crippen LogP contribution in [0.1, 0.15) is 31.7 Å². The minimum atomic E-state index is -1.74. The van der Waals surface area contributed by atoms with Crippen molar-refractivity contribution in [3.05, 3.63) is 59.7 Å². The molecule has 2 aromatic rings. The van der Waals surface area contributed by atoms with Crippen molar-refractivity contribution in [2.75, 3.05) is 5.32 Å². The van der Waals surface area contributed by atoms with Crippen molar-refractivity contribution < 1.29 is 24.4 Å². The summed E-state index contributed by atoms with van der Waals surface area (Å²) in [4.78, 5) is 29.4. The van der Waals surface area contributed by atoms with Crippen LogP contribution in [0.5, 0.6) is 0 Å². The van der Waals surface area contributed by atoms with Crippen LogP contribution in [-0.2, 0) is 16.0 Å². The molecule has 2 atom stereocenters. The summed E-state index contributed by atoms with van der Waals surface area (Å²) in [6.45, 7) is 1.94. The predicted molar refractivity (Wildman–Crippen MR) is 107 cm³/mol. The number of aromatic nitrogens is 2. The third kappa shape index (κ3) is 6.84. The van der Waals surface area contributed by atoms with E-state index in [0.29, 0.717) is 17.6 Å². The number of hydrogen-bond acceptors (Lipinski definition) is 6. The predicted octanol–water partition coefficient (Wildman–Crippen LogP) is 0.199. The molecule has 0 fully saturated rings. The van der Waals surface area contributed by atoms with E-state index in [0.717, 1.165) is 18.2 Å². The minimum absolute atomic E-state index is 0.0830. The summed E-state index contributed by atoms with van der Waals surface area (Å²) in [7, 11) is -1.74. The zero-order valence-corrected chi connectivity index (χ0v) is 16.2. The van der Waals surface area contributed by atoms with Crippen LogP contribution in [0.2, 0.25) is 0 Å². The molecule has 0 radical (unpaired) electrons. The van der Waals surface area contributed by atoms with Gasteiger partial charge < -0.3 is 20.6 Å². The van der Waals surface area contributed by atoms with Gasteiger partial charge in [0.25, 0.3) is 0 Å². The lowest BCUT2D eigenvalue weighted by atomic mass is 9.76. The van der Waals surface area contributed by atoms with Gasteiger partial charge in [0.2, 0.25) is 5.91 Å². The molecule has 0 aliphatic heterocycles. The Hall–Kier alpha value is -2.98. The van der Waals surface area contributed by atoms with Crippen molar-refractivity contribution in [3.8, 4) is 0 Å². The molecule has 2 rings (SSSR count).